The molecule has 2 aliphatic rings. The molecule has 150 valence electrons. The fourth-order valence-corrected chi connectivity index (χ4v) is 4.23. The molecule has 0 saturated carbocycles. The summed E-state index contributed by atoms with van der Waals surface area (Å²) in [6, 6.07) is 7.55. The number of carbonyl (C=O) groups is 2. The van der Waals surface area contributed by atoms with Crippen LogP contribution in [0.3, 0.4) is 0 Å². The summed E-state index contributed by atoms with van der Waals surface area (Å²) in [7, 11) is 0. The average molecular weight is 419 g/mol. The molecule has 4 heterocycles. The SMILES string of the molecule is O=C1NC(=O)/C(=C\c2ccc3ncnc(N4CCN(c5ncccn5)CC4)c3c2)S1. The normalized spacial score (nSPS) is 18.3. The third kappa shape index (κ3) is 3.57. The van der Waals surface area contributed by atoms with Crippen LogP contribution >= 0.6 is 11.8 Å². The molecule has 0 atom stereocenters. The summed E-state index contributed by atoms with van der Waals surface area (Å²) in [4.78, 5) is 45.6. The van der Waals surface area contributed by atoms with Gasteiger partial charge in [0.25, 0.3) is 11.1 Å². The number of nitrogens with one attached hydrogen (secondary N) is 1. The van der Waals surface area contributed by atoms with Crippen LogP contribution in [0.5, 0.6) is 0 Å². The highest BCUT2D eigenvalue weighted by atomic mass is 32.2. The van der Waals surface area contributed by atoms with E-state index in [9.17, 15) is 9.59 Å². The molecule has 5 rings (SSSR count). The van der Waals surface area contributed by atoms with Gasteiger partial charge in [-0.2, -0.15) is 0 Å². The van der Waals surface area contributed by atoms with Crippen LogP contribution < -0.4 is 15.1 Å². The second-order valence-electron chi connectivity index (χ2n) is 6.85. The molecule has 2 fully saturated rings. The minimum atomic E-state index is -0.367. The molecule has 2 aromatic heterocycles. The maximum absolute atomic E-state index is 11.8. The first-order valence-electron chi connectivity index (χ1n) is 9.44. The first-order valence-corrected chi connectivity index (χ1v) is 10.3. The van der Waals surface area contributed by atoms with Crippen LogP contribution in [-0.2, 0) is 4.79 Å². The number of aromatic nitrogens is 4. The predicted molar refractivity (Wildman–Crippen MR) is 115 cm³/mol. The number of benzene rings is 1. The number of rotatable bonds is 3. The fourth-order valence-electron chi connectivity index (χ4n) is 3.55. The molecule has 2 saturated heterocycles. The van der Waals surface area contributed by atoms with E-state index >= 15 is 0 Å². The molecule has 30 heavy (non-hydrogen) atoms. The number of hydrogen-bond donors (Lipinski definition) is 1. The minimum Gasteiger partial charge on any atom is -0.352 e. The van der Waals surface area contributed by atoms with E-state index in [2.05, 4.69) is 35.1 Å². The highest BCUT2D eigenvalue weighted by Gasteiger charge is 2.25. The van der Waals surface area contributed by atoms with Gasteiger partial charge in [0.1, 0.15) is 12.1 Å². The lowest BCUT2D eigenvalue weighted by atomic mass is 10.1. The number of nitrogens with zero attached hydrogens (tertiary/aromatic N) is 6. The quantitative estimate of drug-likeness (QED) is 0.639. The van der Waals surface area contributed by atoms with Gasteiger partial charge in [-0.3, -0.25) is 14.9 Å². The van der Waals surface area contributed by atoms with Crippen LogP contribution in [0.15, 0.2) is 47.9 Å². The van der Waals surface area contributed by atoms with Gasteiger partial charge in [0.15, 0.2) is 0 Å². The van der Waals surface area contributed by atoms with Crippen molar-refractivity contribution in [2.75, 3.05) is 36.0 Å². The van der Waals surface area contributed by atoms with Gasteiger partial charge in [-0.05, 0) is 41.6 Å². The standard InChI is InChI=1S/C20H17N7O2S/c28-18-16(30-20(29)25-18)11-13-2-3-15-14(10-13)17(24-12-23-15)26-6-8-27(9-7-26)19-21-4-1-5-22-19/h1-5,10-12H,6-9H2,(H,25,28,29)/b16-11+. The summed E-state index contributed by atoms with van der Waals surface area (Å²) in [5, 5.41) is 2.83. The summed E-state index contributed by atoms with van der Waals surface area (Å²) >= 11 is 0.907. The molecule has 2 aliphatic heterocycles. The maximum atomic E-state index is 11.8. The largest absolute Gasteiger partial charge is 0.352 e. The van der Waals surface area contributed by atoms with Crippen LogP contribution in [-0.4, -0.2) is 57.3 Å². The van der Waals surface area contributed by atoms with Gasteiger partial charge in [0.2, 0.25) is 5.95 Å². The van der Waals surface area contributed by atoms with Gasteiger partial charge in [-0.25, -0.2) is 19.9 Å². The third-order valence-corrected chi connectivity index (χ3v) is 5.80. The Labute approximate surface area is 176 Å². The van der Waals surface area contributed by atoms with Crippen LogP contribution in [0.1, 0.15) is 5.56 Å². The summed E-state index contributed by atoms with van der Waals surface area (Å²) in [6.07, 6.45) is 6.78. The van der Waals surface area contributed by atoms with E-state index in [0.717, 1.165) is 66.2 Å². The summed E-state index contributed by atoms with van der Waals surface area (Å²) in [5.74, 6) is 1.22. The lowest BCUT2D eigenvalue weighted by molar-refractivity contribution is -0.115. The molecule has 2 amide bonds. The summed E-state index contributed by atoms with van der Waals surface area (Å²) < 4.78 is 0. The van der Waals surface area contributed by atoms with Crippen molar-refractivity contribution in [3.05, 3.63) is 53.5 Å². The summed E-state index contributed by atoms with van der Waals surface area (Å²) in [6.45, 7) is 3.14. The van der Waals surface area contributed by atoms with E-state index in [0.29, 0.717) is 4.91 Å². The Morgan fingerprint density at radius 3 is 2.47 bits per heavy atom. The zero-order valence-corrected chi connectivity index (χ0v) is 16.7. The smallest absolute Gasteiger partial charge is 0.290 e. The molecular weight excluding hydrogens is 402 g/mol. The Kier molecular flexibility index (Phi) is 4.75. The lowest BCUT2D eigenvalue weighted by Crippen LogP contribution is -2.47. The van der Waals surface area contributed by atoms with Crippen molar-refractivity contribution < 1.29 is 9.59 Å². The maximum Gasteiger partial charge on any atom is 0.290 e. The molecule has 0 bridgehead atoms. The first kappa shape index (κ1) is 18.5. The minimum absolute atomic E-state index is 0.351. The number of thioether (sulfide) groups is 1. The molecule has 9 nitrogen and oxygen atoms in total. The zero-order valence-electron chi connectivity index (χ0n) is 15.9. The van der Waals surface area contributed by atoms with Crippen LogP contribution in [0.2, 0.25) is 0 Å². The number of hydrogen-bond acceptors (Lipinski definition) is 9. The average Bonchev–Trinajstić information content (AvgIpc) is 3.10. The number of piperazine rings is 1. The Balaban J connectivity index is 1.42. The van der Waals surface area contributed by atoms with E-state index in [1.54, 1.807) is 24.8 Å². The van der Waals surface area contributed by atoms with Gasteiger partial charge in [-0.15, -0.1) is 0 Å². The van der Waals surface area contributed by atoms with Crippen molar-refractivity contribution in [3.63, 3.8) is 0 Å². The molecule has 1 aromatic carbocycles. The van der Waals surface area contributed by atoms with Gasteiger partial charge < -0.3 is 9.80 Å². The third-order valence-electron chi connectivity index (χ3n) is 4.99. The molecule has 0 spiro atoms. The van der Waals surface area contributed by atoms with E-state index in [-0.39, 0.29) is 11.1 Å². The Bertz CT molecular complexity index is 1160. The first-order chi connectivity index (χ1) is 14.7. The number of amides is 2. The molecular formula is C20H17N7O2S. The van der Waals surface area contributed by atoms with Crippen molar-refractivity contribution in [2.24, 2.45) is 0 Å². The zero-order chi connectivity index (χ0) is 20.5. The number of anilines is 2. The molecule has 0 radical (unpaired) electrons. The fraction of sp³-hybridized carbons (Fsp3) is 0.200. The second-order valence-corrected chi connectivity index (χ2v) is 7.86. The van der Waals surface area contributed by atoms with E-state index in [4.69, 9.17) is 0 Å². The van der Waals surface area contributed by atoms with Crippen molar-refractivity contribution in [3.8, 4) is 0 Å². The summed E-state index contributed by atoms with van der Waals surface area (Å²) in [5.41, 5.74) is 1.65. The van der Waals surface area contributed by atoms with E-state index in [1.807, 2.05) is 24.3 Å². The number of carbonyl (C=O) groups excluding carboxylic acids is 2. The molecule has 0 unspecified atom stereocenters. The molecule has 3 aromatic rings. The Morgan fingerprint density at radius 2 is 1.73 bits per heavy atom. The van der Waals surface area contributed by atoms with Crippen molar-refractivity contribution in [1.29, 1.82) is 0 Å². The van der Waals surface area contributed by atoms with E-state index < -0.39 is 0 Å². The lowest BCUT2D eigenvalue weighted by Gasteiger charge is -2.35. The second kappa shape index (κ2) is 7.71. The van der Waals surface area contributed by atoms with Gasteiger partial charge >= 0.3 is 0 Å². The van der Waals surface area contributed by atoms with Crippen molar-refractivity contribution in [1.82, 2.24) is 25.3 Å². The molecule has 10 heteroatoms. The molecule has 0 aliphatic carbocycles. The van der Waals surface area contributed by atoms with Crippen LogP contribution in [0, 0.1) is 0 Å². The monoisotopic (exact) mass is 419 g/mol. The van der Waals surface area contributed by atoms with Crippen molar-refractivity contribution >= 4 is 51.7 Å². The van der Waals surface area contributed by atoms with E-state index in [1.165, 1.54) is 0 Å². The van der Waals surface area contributed by atoms with Gasteiger partial charge in [0, 0.05) is 44.0 Å². The highest BCUT2D eigenvalue weighted by Crippen LogP contribution is 2.29. The number of imide groups is 1. The Hall–Kier alpha value is -3.53. The van der Waals surface area contributed by atoms with Gasteiger partial charge in [-0.1, -0.05) is 6.07 Å². The highest BCUT2D eigenvalue weighted by molar-refractivity contribution is 8.18. The number of fused-ring (bicyclic) bond motifs is 1. The Morgan fingerprint density at radius 1 is 0.967 bits per heavy atom. The topological polar surface area (TPSA) is 104 Å². The van der Waals surface area contributed by atoms with Crippen molar-refractivity contribution in [2.45, 2.75) is 0 Å². The predicted octanol–water partition coefficient (Wildman–Crippen LogP) is 2.07. The van der Waals surface area contributed by atoms with Gasteiger partial charge in [0.05, 0.1) is 10.4 Å². The van der Waals surface area contributed by atoms with Crippen LogP contribution in [0.4, 0.5) is 16.6 Å². The molecule has 1 N–H and O–H groups in total. The van der Waals surface area contributed by atoms with Crippen LogP contribution in [0.25, 0.3) is 17.0 Å².